The number of methoxy groups -OCH3 is 1. The highest BCUT2D eigenvalue weighted by molar-refractivity contribution is 5.78. The normalized spacial score (nSPS) is 14.3. The molecule has 1 rings (SSSR count). The van der Waals surface area contributed by atoms with Crippen LogP contribution in [0, 0.1) is 23.7 Å². The fourth-order valence-electron chi connectivity index (χ4n) is 4.66. The molecule has 0 aromatic heterocycles. The zero-order chi connectivity index (χ0) is 29.5. The van der Waals surface area contributed by atoms with Gasteiger partial charge in [0, 0.05) is 57.5 Å². The molecule has 0 aliphatic carbocycles. The first kappa shape index (κ1) is 34.2. The molecule has 39 heavy (non-hydrogen) atoms. The van der Waals surface area contributed by atoms with Gasteiger partial charge in [-0.25, -0.2) is 0 Å². The van der Waals surface area contributed by atoms with E-state index in [1.807, 2.05) is 32.0 Å². The summed E-state index contributed by atoms with van der Waals surface area (Å²) < 4.78 is 16.7. The number of aliphatic hydroxyl groups excluding tert-OH is 1. The number of hydrogen-bond donors (Lipinski definition) is 1. The van der Waals surface area contributed by atoms with Crippen molar-refractivity contribution in [1.82, 2.24) is 4.90 Å². The van der Waals surface area contributed by atoms with Crippen molar-refractivity contribution in [2.24, 2.45) is 28.8 Å². The lowest BCUT2D eigenvalue weighted by atomic mass is 9.80. The topological polar surface area (TPSA) is 134 Å². The van der Waals surface area contributed by atoms with Crippen LogP contribution in [0.25, 0.3) is 10.4 Å². The number of rotatable bonds is 18. The standard InChI is InChI=1S/C29H48N4O6/c1-19(2)24(14-22-10-11-23(18-34)27(15-22)38-13-9-12-37-8)16-26(31-32-30)28(39-21(5)35)17-25(20(3)4)29(36)33(6)7/h10-11,15,19-20,24-26,28,34H,9,12-14,16-18H2,1-8H3/t24-,25-,26-,28+/m0/s1. The average Bonchev–Trinajstić information content (AvgIpc) is 2.87. The van der Waals surface area contributed by atoms with E-state index in [4.69, 9.17) is 14.2 Å². The maximum absolute atomic E-state index is 12.9. The minimum Gasteiger partial charge on any atom is -0.493 e. The second-order valence-corrected chi connectivity index (χ2v) is 11.0. The molecule has 1 amide bonds. The Kier molecular flexibility index (Phi) is 15.5. The van der Waals surface area contributed by atoms with Gasteiger partial charge in [-0.3, -0.25) is 9.59 Å². The van der Waals surface area contributed by atoms with Crippen molar-refractivity contribution in [3.63, 3.8) is 0 Å². The van der Waals surface area contributed by atoms with Crippen LogP contribution in [0.15, 0.2) is 23.3 Å². The van der Waals surface area contributed by atoms with Crippen molar-refractivity contribution in [1.29, 1.82) is 0 Å². The monoisotopic (exact) mass is 548 g/mol. The zero-order valence-corrected chi connectivity index (χ0v) is 24.9. The lowest BCUT2D eigenvalue weighted by Gasteiger charge is -2.32. The first-order chi connectivity index (χ1) is 18.4. The number of aliphatic hydroxyl groups is 1. The number of nitrogens with zero attached hydrogens (tertiary/aromatic N) is 4. The largest absolute Gasteiger partial charge is 0.493 e. The number of amides is 1. The van der Waals surface area contributed by atoms with Gasteiger partial charge in [-0.1, -0.05) is 44.9 Å². The smallest absolute Gasteiger partial charge is 0.302 e. The van der Waals surface area contributed by atoms with Crippen LogP contribution in [-0.4, -0.2) is 68.4 Å². The van der Waals surface area contributed by atoms with E-state index in [-0.39, 0.29) is 42.6 Å². The minimum absolute atomic E-state index is 0.0120. The van der Waals surface area contributed by atoms with Gasteiger partial charge in [-0.05, 0) is 54.2 Å². The molecule has 0 aliphatic rings. The Morgan fingerprint density at radius 1 is 1.10 bits per heavy atom. The fraction of sp³-hybridized carbons (Fsp3) is 0.724. The average molecular weight is 549 g/mol. The molecular formula is C29H48N4O6. The van der Waals surface area contributed by atoms with Crippen LogP contribution >= 0.6 is 0 Å². The first-order valence-electron chi connectivity index (χ1n) is 13.7. The maximum Gasteiger partial charge on any atom is 0.302 e. The third-order valence-corrected chi connectivity index (χ3v) is 7.03. The number of carbonyl (C=O) groups is 2. The summed E-state index contributed by atoms with van der Waals surface area (Å²) in [5.74, 6) is 0.0484. The number of carbonyl (C=O) groups excluding carboxylic acids is 2. The van der Waals surface area contributed by atoms with Gasteiger partial charge in [0.05, 0.1) is 19.3 Å². The molecule has 0 aliphatic heterocycles. The maximum atomic E-state index is 12.9. The highest BCUT2D eigenvalue weighted by Gasteiger charge is 2.34. The second-order valence-electron chi connectivity index (χ2n) is 11.0. The molecule has 0 spiro atoms. The Hall–Kier alpha value is -2.81. The molecule has 0 saturated heterocycles. The summed E-state index contributed by atoms with van der Waals surface area (Å²) in [4.78, 5) is 29.6. The number of azide groups is 1. The third-order valence-electron chi connectivity index (χ3n) is 7.03. The Balaban J connectivity index is 3.24. The zero-order valence-electron chi connectivity index (χ0n) is 24.9. The van der Waals surface area contributed by atoms with Crippen LogP contribution in [0.3, 0.4) is 0 Å². The predicted molar refractivity (Wildman–Crippen MR) is 151 cm³/mol. The summed E-state index contributed by atoms with van der Waals surface area (Å²) in [6.07, 6.45) is 1.43. The van der Waals surface area contributed by atoms with Gasteiger partial charge < -0.3 is 24.2 Å². The first-order valence-corrected chi connectivity index (χ1v) is 13.7. The van der Waals surface area contributed by atoms with Gasteiger partial charge in [0.1, 0.15) is 11.9 Å². The van der Waals surface area contributed by atoms with E-state index >= 15 is 0 Å². The molecule has 0 fully saturated rings. The van der Waals surface area contributed by atoms with Gasteiger partial charge >= 0.3 is 5.97 Å². The Bertz CT molecular complexity index is 946. The van der Waals surface area contributed by atoms with Crippen molar-refractivity contribution in [2.45, 2.75) is 79.1 Å². The van der Waals surface area contributed by atoms with Gasteiger partial charge in [0.15, 0.2) is 0 Å². The molecule has 0 saturated carbocycles. The number of esters is 1. The lowest BCUT2D eigenvalue weighted by molar-refractivity contribution is -0.151. The van der Waals surface area contributed by atoms with Gasteiger partial charge in [-0.2, -0.15) is 0 Å². The van der Waals surface area contributed by atoms with E-state index in [9.17, 15) is 20.2 Å². The van der Waals surface area contributed by atoms with Gasteiger partial charge in [0.25, 0.3) is 0 Å². The SMILES string of the molecule is COCCCOc1cc(C[C@@H](C[C@H](N=[N+]=[N-])[C@@H](C[C@H](C(=O)N(C)C)C(C)C)OC(C)=O)C(C)C)ccc1CO. The van der Waals surface area contributed by atoms with Crippen LogP contribution in [0.4, 0.5) is 0 Å². The fourth-order valence-corrected chi connectivity index (χ4v) is 4.66. The van der Waals surface area contributed by atoms with Crippen molar-refractivity contribution in [3.8, 4) is 5.75 Å². The van der Waals surface area contributed by atoms with E-state index in [0.717, 1.165) is 12.0 Å². The molecule has 1 aromatic rings. The molecule has 10 heteroatoms. The molecule has 4 atom stereocenters. The van der Waals surface area contributed by atoms with Crippen molar-refractivity contribution >= 4 is 11.9 Å². The summed E-state index contributed by atoms with van der Waals surface area (Å²) in [6, 6.07) is 5.15. The number of ether oxygens (including phenoxy) is 3. The van der Waals surface area contributed by atoms with Crippen molar-refractivity contribution in [2.75, 3.05) is 34.4 Å². The van der Waals surface area contributed by atoms with Crippen LogP contribution in [0.5, 0.6) is 5.75 Å². The number of hydrogen-bond acceptors (Lipinski definition) is 7. The van der Waals surface area contributed by atoms with Crippen LogP contribution < -0.4 is 4.74 Å². The Morgan fingerprint density at radius 3 is 2.31 bits per heavy atom. The summed E-state index contributed by atoms with van der Waals surface area (Å²) in [5.41, 5.74) is 11.1. The second kappa shape index (κ2) is 17.7. The molecule has 1 N–H and O–H groups in total. The molecule has 0 bridgehead atoms. The predicted octanol–water partition coefficient (Wildman–Crippen LogP) is 5.16. The summed E-state index contributed by atoms with van der Waals surface area (Å²) in [5, 5.41) is 13.8. The minimum atomic E-state index is -0.729. The van der Waals surface area contributed by atoms with Crippen LogP contribution in [0.2, 0.25) is 0 Å². The van der Waals surface area contributed by atoms with E-state index in [0.29, 0.717) is 37.4 Å². The Morgan fingerprint density at radius 2 is 1.79 bits per heavy atom. The molecule has 0 unspecified atom stereocenters. The summed E-state index contributed by atoms with van der Waals surface area (Å²) in [7, 11) is 5.05. The van der Waals surface area contributed by atoms with Crippen molar-refractivity contribution in [3.05, 3.63) is 39.8 Å². The molecular weight excluding hydrogens is 500 g/mol. The highest BCUT2D eigenvalue weighted by atomic mass is 16.5. The summed E-state index contributed by atoms with van der Waals surface area (Å²) in [6.45, 7) is 10.4. The lowest BCUT2D eigenvalue weighted by Crippen LogP contribution is -2.40. The quantitative estimate of drug-likeness (QED) is 0.0885. The van der Waals surface area contributed by atoms with Gasteiger partial charge in [-0.15, -0.1) is 0 Å². The molecule has 10 nitrogen and oxygen atoms in total. The third kappa shape index (κ3) is 11.9. The molecule has 0 radical (unpaired) electrons. The van der Waals surface area contributed by atoms with E-state index in [1.165, 1.54) is 6.92 Å². The van der Waals surface area contributed by atoms with Crippen molar-refractivity contribution < 1.29 is 28.9 Å². The van der Waals surface area contributed by atoms with Gasteiger partial charge in [0.2, 0.25) is 5.91 Å². The summed E-state index contributed by atoms with van der Waals surface area (Å²) >= 11 is 0. The molecule has 0 heterocycles. The molecule has 1 aromatic carbocycles. The molecule has 220 valence electrons. The van der Waals surface area contributed by atoms with Crippen LogP contribution in [0.1, 0.15) is 65.0 Å². The van der Waals surface area contributed by atoms with Crippen LogP contribution in [-0.2, 0) is 32.1 Å². The van der Waals surface area contributed by atoms with E-state index in [2.05, 4.69) is 23.9 Å². The van der Waals surface area contributed by atoms with E-state index in [1.54, 1.807) is 26.1 Å². The van der Waals surface area contributed by atoms with E-state index < -0.39 is 18.1 Å². The highest BCUT2D eigenvalue weighted by Crippen LogP contribution is 2.31. The number of benzene rings is 1. The Labute approximate surface area is 233 Å².